The average Bonchev–Trinajstić information content (AvgIpc) is 2.39. The third-order valence-corrected chi connectivity index (χ3v) is 3.06. The Labute approximate surface area is 101 Å². The number of hydrogen-bond acceptors (Lipinski definition) is 3. The Bertz CT molecular complexity index is 527. The van der Waals surface area contributed by atoms with Crippen molar-refractivity contribution in [3.05, 3.63) is 42.1 Å². The molecular weight excluding hydrogens is 212 g/mol. The van der Waals surface area contributed by atoms with E-state index in [1.165, 1.54) is 0 Å². The summed E-state index contributed by atoms with van der Waals surface area (Å²) in [5, 5.41) is 0.909. The van der Waals surface area contributed by atoms with Crippen molar-refractivity contribution in [3.63, 3.8) is 0 Å². The molecule has 1 unspecified atom stereocenters. The normalized spacial score (nSPS) is 12.6. The molecule has 88 valence electrons. The summed E-state index contributed by atoms with van der Waals surface area (Å²) >= 11 is 0. The minimum atomic E-state index is -0.0965. The van der Waals surface area contributed by atoms with Crippen LogP contribution in [-0.4, -0.2) is 17.3 Å². The monoisotopic (exact) mass is 228 g/mol. The van der Waals surface area contributed by atoms with E-state index in [2.05, 4.69) is 4.98 Å². The first-order valence-electron chi connectivity index (χ1n) is 5.86. The highest BCUT2D eigenvalue weighted by Gasteiger charge is 2.18. The molecule has 2 rings (SSSR count). The Morgan fingerprint density at radius 2 is 2.18 bits per heavy atom. The Hall–Kier alpha value is -1.74. The van der Waals surface area contributed by atoms with Crippen molar-refractivity contribution >= 4 is 16.7 Å². The molecule has 0 amide bonds. The molecule has 0 spiro atoms. The highest BCUT2D eigenvalue weighted by Crippen LogP contribution is 2.20. The summed E-state index contributed by atoms with van der Waals surface area (Å²) in [5.41, 5.74) is 7.21. The van der Waals surface area contributed by atoms with Crippen molar-refractivity contribution in [1.29, 1.82) is 0 Å². The van der Waals surface area contributed by atoms with Crippen molar-refractivity contribution in [2.45, 2.75) is 13.3 Å². The van der Waals surface area contributed by atoms with Gasteiger partial charge in [0.1, 0.15) is 0 Å². The number of nitrogens with zero attached hydrogens (tertiary/aromatic N) is 1. The lowest BCUT2D eigenvalue weighted by molar-refractivity contribution is 0.0923. The molecule has 0 fully saturated rings. The molecule has 0 aliphatic rings. The summed E-state index contributed by atoms with van der Waals surface area (Å²) in [6, 6.07) is 9.41. The van der Waals surface area contributed by atoms with E-state index >= 15 is 0 Å². The molecule has 0 radical (unpaired) electrons. The average molecular weight is 228 g/mol. The van der Waals surface area contributed by atoms with E-state index < -0.39 is 0 Å². The Morgan fingerprint density at radius 3 is 2.88 bits per heavy atom. The van der Waals surface area contributed by atoms with Gasteiger partial charge in [0, 0.05) is 29.6 Å². The maximum atomic E-state index is 12.3. The molecule has 0 bridgehead atoms. The van der Waals surface area contributed by atoms with Crippen molar-refractivity contribution in [1.82, 2.24) is 4.98 Å². The SMILES string of the molecule is CCC(CN)C(=O)c1cccc2ncccc12. The lowest BCUT2D eigenvalue weighted by Gasteiger charge is -2.12. The molecule has 3 nitrogen and oxygen atoms in total. The molecule has 1 heterocycles. The van der Waals surface area contributed by atoms with Crippen LogP contribution in [0.4, 0.5) is 0 Å². The van der Waals surface area contributed by atoms with Crippen LogP contribution in [0.1, 0.15) is 23.7 Å². The van der Waals surface area contributed by atoms with E-state index in [0.717, 1.165) is 22.9 Å². The topological polar surface area (TPSA) is 56.0 Å². The zero-order chi connectivity index (χ0) is 12.3. The van der Waals surface area contributed by atoms with Gasteiger partial charge in [0.2, 0.25) is 0 Å². The smallest absolute Gasteiger partial charge is 0.167 e. The number of aromatic nitrogens is 1. The quantitative estimate of drug-likeness (QED) is 0.817. The molecule has 3 heteroatoms. The van der Waals surface area contributed by atoms with Gasteiger partial charge in [-0.25, -0.2) is 0 Å². The summed E-state index contributed by atoms with van der Waals surface area (Å²) in [5.74, 6) is 0.0226. The molecule has 2 aromatic rings. The maximum absolute atomic E-state index is 12.3. The molecule has 1 atom stereocenters. The maximum Gasteiger partial charge on any atom is 0.167 e. The van der Waals surface area contributed by atoms with Crippen LogP contribution in [0.2, 0.25) is 0 Å². The fourth-order valence-corrected chi connectivity index (χ4v) is 2.00. The minimum Gasteiger partial charge on any atom is -0.330 e. The van der Waals surface area contributed by atoms with E-state index in [0.29, 0.717) is 6.54 Å². The number of carbonyl (C=O) groups is 1. The summed E-state index contributed by atoms with van der Waals surface area (Å²) in [6.45, 7) is 2.38. The Kier molecular flexibility index (Phi) is 3.49. The third-order valence-electron chi connectivity index (χ3n) is 3.06. The summed E-state index contributed by atoms with van der Waals surface area (Å²) in [4.78, 5) is 16.6. The van der Waals surface area contributed by atoms with Gasteiger partial charge in [-0.05, 0) is 18.6 Å². The predicted molar refractivity (Wildman–Crippen MR) is 68.9 cm³/mol. The number of benzene rings is 1. The number of fused-ring (bicyclic) bond motifs is 1. The number of nitrogens with two attached hydrogens (primary N) is 1. The van der Waals surface area contributed by atoms with E-state index in [-0.39, 0.29) is 11.7 Å². The molecule has 17 heavy (non-hydrogen) atoms. The lowest BCUT2D eigenvalue weighted by Crippen LogP contribution is -2.23. The van der Waals surface area contributed by atoms with Crippen LogP contribution in [0.15, 0.2) is 36.5 Å². The molecule has 0 aliphatic heterocycles. The van der Waals surface area contributed by atoms with E-state index in [1.807, 2.05) is 37.3 Å². The van der Waals surface area contributed by atoms with Gasteiger partial charge in [0.05, 0.1) is 5.52 Å². The van der Waals surface area contributed by atoms with E-state index in [1.54, 1.807) is 6.20 Å². The van der Waals surface area contributed by atoms with Gasteiger partial charge in [-0.15, -0.1) is 0 Å². The van der Waals surface area contributed by atoms with Crippen LogP contribution in [-0.2, 0) is 0 Å². The van der Waals surface area contributed by atoms with Crippen molar-refractivity contribution in [3.8, 4) is 0 Å². The van der Waals surface area contributed by atoms with Crippen LogP contribution in [0.25, 0.3) is 10.9 Å². The van der Waals surface area contributed by atoms with Gasteiger partial charge in [0.25, 0.3) is 0 Å². The molecule has 2 N–H and O–H groups in total. The third kappa shape index (κ3) is 2.19. The lowest BCUT2D eigenvalue weighted by atomic mass is 9.93. The number of pyridine rings is 1. The molecule has 0 saturated carbocycles. The van der Waals surface area contributed by atoms with Gasteiger partial charge in [-0.3, -0.25) is 9.78 Å². The van der Waals surface area contributed by atoms with Crippen molar-refractivity contribution in [2.75, 3.05) is 6.54 Å². The van der Waals surface area contributed by atoms with Crippen LogP contribution >= 0.6 is 0 Å². The Balaban J connectivity index is 2.52. The molecule has 1 aromatic heterocycles. The van der Waals surface area contributed by atoms with Gasteiger partial charge < -0.3 is 5.73 Å². The second-order valence-electron chi connectivity index (χ2n) is 4.08. The van der Waals surface area contributed by atoms with Gasteiger partial charge in [-0.2, -0.15) is 0 Å². The van der Waals surface area contributed by atoms with Crippen LogP contribution < -0.4 is 5.73 Å². The summed E-state index contributed by atoms with van der Waals surface area (Å²) in [7, 11) is 0. The van der Waals surface area contributed by atoms with Crippen LogP contribution in [0.3, 0.4) is 0 Å². The minimum absolute atomic E-state index is 0.0965. The Morgan fingerprint density at radius 1 is 1.35 bits per heavy atom. The largest absolute Gasteiger partial charge is 0.330 e. The van der Waals surface area contributed by atoms with Crippen LogP contribution in [0.5, 0.6) is 0 Å². The molecule has 0 aliphatic carbocycles. The fourth-order valence-electron chi connectivity index (χ4n) is 2.00. The second-order valence-corrected chi connectivity index (χ2v) is 4.08. The number of carbonyl (C=O) groups excluding carboxylic acids is 1. The first-order valence-corrected chi connectivity index (χ1v) is 5.86. The molecular formula is C14H16N2O. The van der Waals surface area contributed by atoms with Crippen LogP contribution in [0, 0.1) is 5.92 Å². The highest BCUT2D eigenvalue weighted by atomic mass is 16.1. The second kappa shape index (κ2) is 5.06. The fraction of sp³-hybridized carbons (Fsp3) is 0.286. The zero-order valence-electron chi connectivity index (χ0n) is 9.89. The van der Waals surface area contributed by atoms with E-state index in [9.17, 15) is 4.79 Å². The summed E-state index contributed by atoms with van der Waals surface area (Å²) in [6.07, 6.45) is 2.50. The zero-order valence-corrected chi connectivity index (χ0v) is 9.89. The van der Waals surface area contributed by atoms with Gasteiger partial charge in [-0.1, -0.05) is 25.1 Å². The number of Topliss-reactive ketones (excluding diaryl/α,β-unsaturated/α-hetero) is 1. The number of hydrogen-bond donors (Lipinski definition) is 1. The molecule has 0 saturated heterocycles. The first kappa shape index (κ1) is 11.7. The number of rotatable bonds is 4. The summed E-state index contributed by atoms with van der Waals surface area (Å²) < 4.78 is 0. The van der Waals surface area contributed by atoms with Gasteiger partial charge in [0.15, 0.2) is 5.78 Å². The van der Waals surface area contributed by atoms with Crippen molar-refractivity contribution < 1.29 is 4.79 Å². The first-order chi connectivity index (χ1) is 8.27. The van der Waals surface area contributed by atoms with Gasteiger partial charge >= 0.3 is 0 Å². The van der Waals surface area contributed by atoms with E-state index in [4.69, 9.17) is 5.73 Å². The number of ketones is 1. The molecule has 1 aromatic carbocycles. The standard InChI is InChI=1S/C14H16N2O/c1-2-10(9-15)14(17)12-5-3-7-13-11(12)6-4-8-16-13/h3-8,10H,2,9,15H2,1H3. The highest BCUT2D eigenvalue weighted by molar-refractivity contribution is 6.08. The predicted octanol–water partition coefficient (Wildman–Crippen LogP) is 2.40. The van der Waals surface area contributed by atoms with Crippen molar-refractivity contribution in [2.24, 2.45) is 11.7 Å².